The van der Waals surface area contributed by atoms with Gasteiger partial charge in [0.1, 0.15) is 6.61 Å². The van der Waals surface area contributed by atoms with E-state index in [0.717, 1.165) is 18.4 Å². The zero-order chi connectivity index (χ0) is 16.1. The molecular weight excluding hydrogens is 308 g/mol. The predicted molar refractivity (Wildman–Crippen MR) is 92.4 cm³/mol. The van der Waals surface area contributed by atoms with Gasteiger partial charge in [-0.15, -0.1) is 0 Å². The van der Waals surface area contributed by atoms with Crippen LogP contribution in [0.3, 0.4) is 0 Å². The van der Waals surface area contributed by atoms with Gasteiger partial charge in [0.15, 0.2) is 0 Å². The van der Waals surface area contributed by atoms with Crippen LogP contribution in [0.5, 0.6) is 0 Å². The van der Waals surface area contributed by atoms with Crippen molar-refractivity contribution in [2.45, 2.75) is 44.5 Å². The molecule has 1 aromatic heterocycles. The molecule has 1 aliphatic rings. The second kappa shape index (κ2) is 7.62. The number of rotatable bonds is 6. The average Bonchev–Trinajstić information content (AvgIpc) is 3.06. The summed E-state index contributed by atoms with van der Waals surface area (Å²) in [5.41, 5.74) is 2.33. The molecule has 1 heterocycles. The maximum atomic E-state index is 11.8. The number of nitrogens with one attached hydrogen (secondary N) is 2. The molecule has 2 aromatic rings. The number of ether oxygens (including phenoxy) is 1. The molecule has 3 rings (SSSR count). The number of hydrogen-bond donors (Lipinski definition) is 2. The highest BCUT2D eigenvalue weighted by Crippen LogP contribution is 2.24. The summed E-state index contributed by atoms with van der Waals surface area (Å²) in [6.45, 7) is 2.49. The Morgan fingerprint density at radius 3 is 2.74 bits per heavy atom. The van der Waals surface area contributed by atoms with Crippen LogP contribution in [-0.2, 0) is 11.3 Å². The molecule has 0 spiro atoms. The minimum absolute atomic E-state index is 0.213. The van der Waals surface area contributed by atoms with Gasteiger partial charge >= 0.3 is 6.09 Å². The van der Waals surface area contributed by atoms with E-state index in [0.29, 0.717) is 18.7 Å². The quantitative estimate of drug-likeness (QED) is 0.846. The first-order valence-electron chi connectivity index (χ1n) is 7.96. The molecular formula is C18H22N2O2S. The zero-order valence-corrected chi connectivity index (χ0v) is 14.0. The first kappa shape index (κ1) is 16.0. The summed E-state index contributed by atoms with van der Waals surface area (Å²) >= 11 is 1.72. The van der Waals surface area contributed by atoms with Crippen molar-refractivity contribution in [3.63, 3.8) is 0 Å². The van der Waals surface area contributed by atoms with Gasteiger partial charge in [-0.1, -0.05) is 30.3 Å². The highest BCUT2D eigenvalue weighted by atomic mass is 32.1. The first-order chi connectivity index (χ1) is 11.2. The summed E-state index contributed by atoms with van der Waals surface area (Å²) in [6.07, 6.45) is 1.58. The standard InChI is InChI=1S/C18H22N2O2S/c1-13(15-7-8-23-12-15)19-16-9-17(10-16)20-18(21)22-11-14-5-3-2-4-6-14/h2-8,12-13,16-17,19H,9-11H2,1H3,(H,20,21). The van der Waals surface area contributed by atoms with Crippen LogP contribution in [0.1, 0.15) is 36.9 Å². The fraction of sp³-hybridized carbons (Fsp3) is 0.389. The molecule has 0 aliphatic heterocycles. The number of amides is 1. The van der Waals surface area contributed by atoms with Gasteiger partial charge in [0.05, 0.1) is 0 Å². The van der Waals surface area contributed by atoms with Gasteiger partial charge in [-0.05, 0) is 47.7 Å². The Hall–Kier alpha value is -1.85. The molecule has 23 heavy (non-hydrogen) atoms. The van der Waals surface area contributed by atoms with Gasteiger partial charge in [0, 0.05) is 18.1 Å². The van der Waals surface area contributed by atoms with Crippen molar-refractivity contribution < 1.29 is 9.53 Å². The summed E-state index contributed by atoms with van der Waals surface area (Å²) < 4.78 is 5.24. The Morgan fingerprint density at radius 1 is 1.26 bits per heavy atom. The number of carbonyl (C=O) groups is 1. The van der Waals surface area contributed by atoms with Crippen molar-refractivity contribution in [3.05, 3.63) is 58.3 Å². The largest absolute Gasteiger partial charge is 0.445 e. The summed E-state index contributed by atoms with van der Waals surface area (Å²) in [6, 6.07) is 12.9. The number of carbonyl (C=O) groups excluding carboxylic acids is 1. The number of thiophene rings is 1. The molecule has 1 aromatic carbocycles. The Kier molecular flexibility index (Phi) is 5.31. The van der Waals surface area contributed by atoms with Gasteiger partial charge in [0.25, 0.3) is 0 Å². The van der Waals surface area contributed by atoms with E-state index in [1.807, 2.05) is 30.3 Å². The second-order valence-corrected chi connectivity index (χ2v) is 6.80. The molecule has 1 amide bonds. The van der Waals surface area contributed by atoms with E-state index in [1.54, 1.807) is 11.3 Å². The van der Waals surface area contributed by atoms with Crippen LogP contribution in [0.2, 0.25) is 0 Å². The number of hydrogen-bond acceptors (Lipinski definition) is 4. The third-order valence-corrected chi connectivity index (χ3v) is 4.90. The van der Waals surface area contributed by atoms with E-state index in [9.17, 15) is 4.79 Å². The lowest BCUT2D eigenvalue weighted by Gasteiger charge is -2.37. The predicted octanol–water partition coefficient (Wildman–Crippen LogP) is 3.86. The van der Waals surface area contributed by atoms with E-state index >= 15 is 0 Å². The van der Waals surface area contributed by atoms with Crippen LogP contribution in [0, 0.1) is 0 Å². The fourth-order valence-corrected chi connectivity index (χ4v) is 3.53. The number of alkyl carbamates (subject to hydrolysis) is 1. The maximum Gasteiger partial charge on any atom is 0.407 e. The van der Waals surface area contributed by atoms with Crippen molar-refractivity contribution in [2.24, 2.45) is 0 Å². The van der Waals surface area contributed by atoms with Crippen LogP contribution in [0.4, 0.5) is 4.79 Å². The topological polar surface area (TPSA) is 50.4 Å². The molecule has 1 unspecified atom stereocenters. The van der Waals surface area contributed by atoms with E-state index in [2.05, 4.69) is 34.4 Å². The minimum Gasteiger partial charge on any atom is -0.445 e. The lowest BCUT2D eigenvalue weighted by Crippen LogP contribution is -2.52. The van der Waals surface area contributed by atoms with Crippen LogP contribution in [0.15, 0.2) is 47.2 Å². The van der Waals surface area contributed by atoms with Crippen molar-refractivity contribution in [1.29, 1.82) is 0 Å². The summed E-state index contributed by atoms with van der Waals surface area (Å²) in [7, 11) is 0. The van der Waals surface area contributed by atoms with Gasteiger partial charge < -0.3 is 15.4 Å². The van der Waals surface area contributed by atoms with Gasteiger partial charge in [-0.25, -0.2) is 4.79 Å². The third kappa shape index (κ3) is 4.56. The Bertz CT molecular complexity index is 609. The third-order valence-electron chi connectivity index (χ3n) is 4.20. The zero-order valence-electron chi connectivity index (χ0n) is 13.2. The van der Waals surface area contributed by atoms with Crippen molar-refractivity contribution in [1.82, 2.24) is 10.6 Å². The van der Waals surface area contributed by atoms with Crippen molar-refractivity contribution in [3.8, 4) is 0 Å². The van der Waals surface area contributed by atoms with Crippen molar-refractivity contribution >= 4 is 17.4 Å². The van der Waals surface area contributed by atoms with Gasteiger partial charge in [-0.3, -0.25) is 0 Å². The molecule has 2 N–H and O–H groups in total. The second-order valence-electron chi connectivity index (χ2n) is 6.02. The number of benzene rings is 1. The highest BCUT2D eigenvalue weighted by Gasteiger charge is 2.31. The van der Waals surface area contributed by atoms with Gasteiger partial charge in [0.2, 0.25) is 0 Å². The van der Waals surface area contributed by atoms with E-state index in [-0.39, 0.29) is 12.1 Å². The molecule has 1 fully saturated rings. The maximum absolute atomic E-state index is 11.8. The van der Waals surface area contributed by atoms with E-state index in [4.69, 9.17) is 4.74 Å². The first-order valence-corrected chi connectivity index (χ1v) is 8.90. The minimum atomic E-state index is -0.330. The molecule has 1 saturated carbocycles. The van der Waals surface area contributed by atoms with E-state index in [1.165, 1.54) is 5.56 Å². The molecule has 1 atom stereocenters. The Balaban J connectivity index is 1.33. The van der Waals surface area contributed by atoms with E-state index < -0.39 is 0 Å². The Labute approximate surface area is 140 Å². The molecule has 0 saturated heterocycles. The lowest BCUT2D eigenvalue weighted by atomic mass is 9.86. The average molecular weight is 330 g/mol. The molecule has 1 aliphatic carbocycles. The molecule has 0 radical (unpaired) electrons. The Morgan fingerprint density at radius 2 is 2.04 bits per heavy atom. The summed E-state index contributed by atoms with van der Waals surface area (Å²) in [5, 5.41) is 10.8. The van der Waals surface area contributed by atoms with Crippen LogP contribution >= 0.6 is 11.3 Å². The van der Waals surface area contributed by atoms with Crippen LogP contribution in [0.25, 0.3) is 0 Å². The smallest absolute Gasteiger partial charge is 0.407 e. The molecule has 122 valence electrons. The molecule has 4 nitrogen and oxygen atoms in total. The van der Waals surface area contributed by atoms with Gasteiger partial charge in [-0.2, -0.15) is 11.3 Å². The SMILES string of the molecule is CC(NC1CC(NC(=O)OCc2ccccc2)C1)c1ccsc1. The monoisotopic (exact) mass is 330 g/mol. The van der Waals surface area contributed by atoms with Crippen molar-refractivity contribution in [2.75, 3.05) is 0 Å². The fourth-order valence-electron chi connectivity index (χ4n) is 2.77. The molecule has 0 bridgehead atoms. The summed E-state index contributed by atoms with van der Waals surface area (Å²) in [4.78, 5) is 11.8. The summed E-state index contributed by atoms with van der Waals surface area (Å²) in [5.74, 6) is 0. The molecule has 5 heteroatoms. The highest BCUT2D eigenvalue weighted by molar-refractivity contribution is 7.07. The van der Waals surface area contributed by atoms with Crippen LogP contribution < -0.4 is 10.6 Å². The van der Waals surface area contributed by atoms with Crippen LogP contribution in [-0.4, -0.2) is 18.2 Å². The lowest BCUT2D eigenvalue weighted by molar-refractivity contribution is 0.124. The normalized spacial score (nSPS) is 21.3.